The van der Waals surface area contributed by atoms with Gasteiger partial charge in [-0.25, -0.2) is 4.79 Å². The SMILES string of the molecule is CNC(=O)N1CCCC[C@@H](NC=O)C1=O. The normalized spacial score (nSPS) is 21.8. The van der Waals surface area contributed by atoms with E-state index >= 15 is 0 Å². The third-order valence-corrected chi connectivity index (χ3v) is 2.42. The molecule has 1 aliphatic heterocycles. The van der Waals surface area contributed by atoms with E-state index < -0.39 is 12.1 Å². The Hall–Kier alpha value is -1.59. The number of urea groups is 1. The molecule has 2 N–H and O–H groups in total. The van der Waals surface area contributed by atoms with Crippen molar-refractivity contribution >= 4 is 18.3 Å². The average molecular weight is 213 g/mol. The second-order valence-electron chi connectivity index (χ2n) is 3.38. The summed E-state index contributed by atoms with van der Waals surface area (Å²) in [6.07, 6.45) is 2.68. The van der Waals surface area contributed by atoms with Gasteiger partial charge in [0.2, 0.25) is 6.41 Å². The summed E-state index contributed by atoms with van der Waals surface area (Å²) in [5.41, 5.74) is 0. The first kappa shape index (κ1) is 11.5. The standard InChI is InChI=1S/C9H15N3O3/c1-10-9(15)12-5-3-2-4-7(8(12)14)11-6-13/h6-7H,2-5H2,1H3,(H,10,15)(H,11,13)/t7-/m1/s1. The number of carbonyl (C=O) groups is 3. The molecular weight excluding hydrogens is 198 g/mol. The molecule has 0 spiro atoms. The first-order chi connectivity index (χ1) is 7.20. The molecule has 0 unspecified atom stereocenters. The van der Waals surface area contributed by atoms with Gasteiger partial charge in [0.1, 0.15) is 6.04 Å². The van der Waals surface area contributed by atoms with Crippen molar-refractivity contribution in [3.8, 4) is 0 Å². The number of nitrogens with one attached hydrogen (secondary N) is 2. The highest BCUT2D eigenvalue weighted by atomic mass is 16.2. The van der Waals surface area contributed by atoms with Crippen molar-refractivity contribution in [3.05, 3.63) is 0 Å². The van der Waals surface area contributed by atoms with Gasteiger partial charge in [0.05, 0.1) is 0 Å². The molecule has 6 heteroatoms. The maximum atomic E-state index is 11.8. The highest BCUT2D eigenvalue weighted by molar-refractivity contribution is 5.97. The molecule has 0 aliphatic carbocycles. The van der Waals surface area contributed by atoms with Crippen LogP contribution in [-0.4, -0.2) is 42.9 Å². The van der Waals surface area contributed by atoms with E-state index in [1.165, 1.54) is 7.05 Å². The Morgan fingerprint density at radius 1 is 1.53 bits per heavy atom. The van der Waals surface area contributed by atoms with Gasteiger partial charge >= 0.3 is 6.03 Å². The lowest BCUT2D eigenvalue weighted by Crippen LogP contribution is -2.50. The quantitative estimate of drug-likeness (QED) is 0.604. The molecule has 6 nitrogen and oxygen atoms in total. The van der Waals surface area contributed by atoms with Crippen molar-refractivity contribution in [1.82, 2.24) is 15.5 Å². The van der Waals surface area contributed by atoms with Gasteiger partial charge in [-0.3, -0.25) is 14.5 Å². The molecule has 1 rings (SSSR count). The van der Waals surface area contributed by atoms with E-state index in [1.54, 1.807) is 0 Å². The number of carbonyl (C=O) groups excluding carboxylic acids is 3. The van der Waals surface area contributed by atoms with Crippen molar-refractivity contribution in [2.24, 2.45) is 0 Å². The number of rotatable bonds is 2. The second-order valence-corrected chi connectivity index (χ2v) is 3.38. The van der Waals surface area contributed by atoms with E-state index in [0.29, 0.717) is 19.4 Å². The molecule has 1 aliphatic rings. The van der Waals surface area contributed by atoms with E-state index in [1.807, 2.05) is 0 Å². The number of hydrogen-bond acceptors (Lipinski definition) is 3. The van der Waals surface area contributed by atoms with Crippen molar-refractivity contribution < 1.29 is 14.4 Å². The van der Waals surface area contributed by atoms with Gasteiger partial charge in [-0.05, 0) is 19.3 Å². The van der Waals surface area contributed by atoms with Crippen LogP contribution in [0.2, 0.25) is 0 Å². The highest BCUT2D eigenvalue weighted by Crippen LogP contribution is 2.11. The molecular formula is C9H15N3O3. The smallest absolute Gasteiger partial charge is 0.323 e. The van der Waals surface area contributed by atoms with Crippen LogP contribution in [0.25, 0.3) is 0 Å². The summed E-state index contributed by atoms with van der Waals surface area (Å²) >= 11 is 0. The molecule has 0 bridgehead atoms. The maximum absolute atomic E-state index is 11.8. The van der Waals surface area contributed by atoms with E-state index in [9.17, 15) is 14.4 Å². The van der Waals surface area contributed by atoms with E-state index in [2.05, 4.69) is 10.6 Å². The highest BCUT2D eigenvalue weighted by Gasteiger charge is 2.29. The Bertz CT molecular complexity index is 267. The van der Waals surface area contributed by atoms with Gasteiger partial charge in [0.15, 0.2) is 0 Å². The largest absolute Gasteiger partial charge is 0.347 e. The van der Waals surface area contributed by atoms with Crippen LogP contribution in [0.4, 0.5) is 4.79 Å². The number of amides is 4. The lowest BCUT2D eigenvalue weighted by molar-refractivity contribution is -0.131. The average Bonchev–Trinajstić information content (AvgIpc) is 2.42. The van der Waals surface area contributed by atoms with Gasteiger partial charge in [-0.2, -0.15) is 0 Å². The lowest BCUT2D eigenvalue weighted by atomic mass is 10.1. The van der Waals surface area contributed by atoms with Gasteiger partial charge < -0.3 is 10.6 Å². The maximum Gasteiger partial charge on any atom is 0.323 e. The Balaban J connectivity index is 2.74. The van der Waals surface area contributed by atoms with E-state index in [0.717, 1.165) is 17.7 Å². The van der Waals surface area contributed by atoms with Crippen LogP contribution in [0, 0.1) is 0 Å². The molecule has 0 aromatic rings. The zero-order valence-corrected chi connectivity index (χ0v) is 8.66. The molecule has 1 fully saturated rings. The third kappa shape index (κ3) is 2.68. The van der Waals surface area contributed by atoms with Crippen molar-refractivity contribution in [2.75, 3.05) is 13.6 Å². The fourth-order valence-electron chi connectivity index (χ4n) is 1.61. The predicted molar refractivity (Wildman–Crippen MR) is 53.0 cm³/mol. The molecule has 84 valence electrons. The predicted octanol–water partition coefficient (Wildman–Crippen LogP) is -0.547. The van der Waals surface area contributed by atoms with Crippen LogP contribution in [0.5, 0.6) is 0 Å². The zero-order chi connectivity index (χ0) is 11.3. The molecule has 0 aromatic heterocycles. The van der Waals surface area contributed by atoms with E-state index in [4.69, 9.17) is 0 Å². The summed E-state index contributed by atoms with van der Waals surface area (Å²) in [5, 5.41) is 4.84. The van der Waals surface area contributed by atoms with Gasteiger partial charge in [0.25, 0.3) is 5.91 Å². The minimum absolute atomic E-state index is 0.334. The minimum Gasteiger partial charge on any atom is -0.347 e. The Morgan fingerprint density at radius 2 is 2.27 bits per heavy atom. The monoisotopic (exact) mass is 213 g/mol. The second kappa shape index (κ2) is 5.33. The van der Waals surface area contributed by atoms with E-state index in [-0.39, 0.29) is 5.91 Å². The summed E-state index contributed by atoms with van der Waals surface area (Å²) in [5.74, 6) is -0.334. The van der Waals surface area contributed by atoms with Crippen molar-refractivity contribution in [3.63, 3.8) is 0 Å². The van der Waals surface area contributed by atoms with Crippen LogP contribution in [0.15, 0.2) is 0 Å². The van der Waals surface area contributed by atoms with Gasteiger partial charge in [-0.15, -0.1) is 0 Å². The summed E-state index contributed by atoms with van der Waals surface area (Å²) in [4.78, 5) is 34.6. The van der Waals surface area contributed by atoms with Crippen molar-refractivity contribution in [1.29, 1.82) is 0 Å². The third-order valence-electron chi connectivity index (χ3n) is 2.42. The molecule has 1 heterocycles. The molecule has 15 heavy (non-hydrogen) atoms. The molecule has 4 amide bonds. The number of imide groups is 1. The van der Waals surface area contributed by atoms with Crippen LogP contribution in [0.1, 0.15) is 19.3 Å². The lowest BCUT2D eigenvalue weighted by Gasteiger charge is -2.21. The molecule has 1 saturated heterocycles. The Morgan fingerprint density at radius 3 is 2.87 bits per heavy atom. The first-order valence-corrected chi connectivity index (χ1v) is 4.93. The van der Waals surface area contributed by atoms with Crippen LogP contribution >= 0.6 is 0 Å². The number of likely N-dealkylation sites (tertiary alicyclic amines) is 1. The summed E-state index contributed by atoms with van der Waals surface area (Å²) < 4.78 is 0. The van der Waals surface area contributed by atoms with Gasteiger partial charge in [0, 0.05) is 13.6 Å². The van der Waals surface area contributed by atoms with Crippen molar-refractivity contribution in [2.45, 2.75) is 25.3 Å². The topological polar surface area (TPSA) is 78.5 Å². The zero-order valence-electron chi connectivity index (χ0n) is 8.66. The molecule has 0 radical (unpaired) electrons. The fourth-order valence-corrected chi connectivity index (χ4v) is 1.61. The molecule has 1 atom stereocenters. The summed E-state index contributed by atoms with van der Waals surface area (Å²) in [7, 11) is 1.47. The summed E-state index contributed by atoms with van der Waals surface area (Å²) in [6.45, 7) is 0.412. The fraction of sp³-hybridized carbons (Fsp3) is 0.667. The minimum atomic E-state index is -0.567. The Labute approximate surface area is 88.0 Å². The first-order valence-electron chi connectivity index (χ1n) is 4.93. The molecule has 0 saturated carbocycles. The molecule has 0 aromatic carbocycles. The Kier molecular flexibility index (Phi) is 4.08. The van der Waals surface area contributed by atoms with Crippen LogP contribution in [-0.2, 0) is 9.59 Å². The van der Waals surface area contributed by atoms with Crippen LogP contribution in [0.3, 0.4) is 0 Å². The van der Waals surface area contributed by atoms with Crippen LogP contribution < -0.4 is 10.6 Å². The number of hydrogen-bond donors (Lipinski definition) is 2. The number of nitrogens with zero attached hydrogens (tertiary/aromatic N) is 1. The summed E-state index contributed by atoms with van der Waals surface area (Å²) in [6, 6.07) is -0.984. The van der Waals surface area contributed by atoms with Gasteiger partial charge in [-0.1, -0.05) is 0 Å².